The van der Waals surface area contributed by atoms with E-state index in [9.17, 15) is 4.39 Å². The van der Waals surface area contributed by atoms with Gasteiger partial charge < -0.3 is 10.1 Å². The minimum atomic E-state index is -0.405. The van der Waals surface area contributed by atoms with Crippen molar-refractivity contribution in [2.45, 2.75) is 13.3 Å². The van der Waals surface area contributed by atoms with Crippen LogP contribution in [0.25, 0.3) is 11.4 Å². The molecule has 6 heteroatoms. The first kappa shape index (κ1) is 15.9. The normalized spacial score (nSPS) is 10.5. The molecule has 0 fully saturated rings. The van der Waals surface area contributed by atoms with E-state index in [0.29, 0.717) is 17.3 Å². The molecule has 0 aliphatic rings. The van der Waals surface area contributed by atoms with Crippen LogP contribution in [0.3, 0.4) is 0 Å². The van der Waals surface area contributed by atoms with Gasteiger partial charge in [-0.15, -0.1) is 0 Å². The van der Waals surface area contributed by atoms with E-state index in [2.05, 4.69) is 20.3 Å². The van der Waals surface area contributed by atoms with Gasteiger partial charge in [-0.2, -0.15) is 0 Å². The molecule has 0 bridgehead atoms. The van der Waals surface area contributed by atoms with Gasteiger partial charge in [-0.05, 0) is 30.7 Å². The molecule has 24 heavy (non-hydrogen) atoms. The largest absolute Gasteiger partial charge is 0.494 e. The van der Waals surface area contributed by atoms with Crippen LogP contribution in [-0.2, 0) is 6.42 Å². The minimum absolute atomic E-state index is 0.180. The second kappa shape index (κ2) is 7.04. The maximum absolute atomic E-state index is 13.5. The molecule has 0 atom stereocenters. The van der Waals surface area contributed by atoms with E-state index in [1.165, 1.54) is 13.2 Å². The number of methoxy groups -OCH3 is 1. The lowest BCUT2D eigenvalue weighted by Crippen LogP contribution is -2.01. The second-order valence-electron chi connectivity index (χ2n) is 5.13. The van der Waals surface area contributed by atoms with E-state index < -0.39 is 5.82 Å². The smallest absolute Gasteiger partial charge is 0.165 e. The van der Waals surface area contributed by atoms with Crippen molar-refractivity contribution in [2.24, 2.45) is 0 Å². The summed E-state index contributed by atoms with van der Waals surface area (Å²) in [6, 6.07) is 10.2. The lowest BCUT2D eigenvalue weighted by atomic mass is 10.2. The van der Waals surface area contributed by atoms with Crippen molar-refractivity contribution >= 4 is 11.5 Å². The Balaban J connectivity index is 1.96. The lowest BCUT2D eigenvalue weighted by molar-refractivity contribution is 0.387. The molecule has 0 spiro atoms. The molecular weight excluding hydrogens is 307 g/mol. The van der Waals surface area contributed by atoms with Gasteiger partial charge in [-0.1, -0.05) is 6.92 Å². The summed E-state index contributed by atoms with van der Waals surface area (Å²) in [6.45, 7) is 2.03. The topological polar surface area (TPSA) is 59.9 Å². The fraction of sp³-hybridized carbons (Fsp3) is 0.167. The summed E-state index contributed by atoms with van der Waals surface area (Å²) in [4.78, 5) is 13.1. The van der Waals surface area contributed by atoms with Gasteiger partial charge in [0.25, 0.3) is 0 Å². The fourth-order valence-corrected chi connectivity index (χ4v) is 2.26. The van der Waals surface area contributed by atoms with Crippen LogP contribution < -0.4 is 10.1 Å². The summed E-state index contributed by atoms with van der Waals surface area (Å²) >= 11 is 0. The quantitative estimate of drug-likeness (QED) is 0.769. The Morgan fingerprint density at radius 3 is 2.58 bits per heavy atom. The molecule has 0 saturated carbocycles. The number of aryl methyl sites for hydroxylation is 1. The van der Waals surface area contributed by atoms with Crippen LogP contribution in [-0.4, -0.2) is 22.1 Å². The van der Waals surface area contributed by atoms with Gasteiger partial charge >= 0.3 is 0 Å². The zero-order valence-electron chi connectivity index (χ0n) is 13.5. The number of anilines is 2. The number of rotatable bonds is 5. The second-order valence-corrected chi connectivity index (χ2v) is 5.13. The standard InChI is InChI=1S/C18H17FN4O/c1-3-13-11-17(21-14-4-5-15(19)16(10-14)24-2)23-18(22-13)12-6-8-20-9-7-12/h4-11H,3H2,1-2H3,(H,21,22,23). The monoisotopic (exact) mass is 324 g/mol. The third-order valence-electron chi connectivity index (χ3n) is 3.50. The Hall–Kier alpha value is -3.02. The van der Waals surface area contributed by atoms with Crippen molar-refractivity contribution in [3.05, 3.63) is 60.3 Å². The first-order valence-corrected chi connectivity index (χ1v) is 7.58. The molecular formula is C18H17FN4O. The number of hydrogen-bond donors (Lipinski definition) is 1. The Labute approximate surface area is 139 Å². The maximum atomic E-state index is 13.5. The molecule has 3 rings (SSSR count). The van der Waals surface area contributed by atoms with Crippen LogP contribution in [0.1, 0.15) is 12.6 Å². The van der Waals surface area contributed by atoms with Gasteiger partial charge in [0.15, 0.2) is 17.4 Å². The molecule has 122 valence electrons. The van der Waals surface area contributed by atoms with Crippen molar-refractivity contribution in [1.82, 2.24) is 15.0 Å². The van der Waals surface area contributed by atoms with Gasteiger partial charge in [0, 0.05) is 41.5 Å². The molecule has 0 radical (unpaired) electrons. The highest BCUT2D eigenvalue weighted by Gasteiger charge is 2.08. The lowest BCUT2D eigenvalue weighted by Gasteiger charge is -2.11. The fourth-order valence-electron chi connectivity index (χ4n) is 2.26. The molecule has 2 aromatic heterocycles. The Kier molecular flexibility index (Phi) is 4.65. The number of aromatic nitrogens is 3. The van der Waals surface area contributed by atoms with E-state index in [1.54, 1.807) is 24.5 Å². The predicted octanol–water partition coefficient (Wildman–Crippen LogP) is 3.99. The summed E-state index contributed by atoms with van der Waals surface area (Å²) in [6.07, 6.45) is 4.19. The van der Waals surface area contributed by atoms with Crippen LogP contribution in [0, 0.1) is 5.82 Å². The Bertz CT molecular complexity index is 840. The van der Waals surface area contributed by atoms with Crippen molar-refractivity contribution in [2.75, 3.05) is 12.4 Å². The molecule has 3 aromatic rings. The van der Waals surface area contributed by atoms with E-state index in [4.69, 9.17) is 4.74 Å². The summed E-state index contributed by atoms with van der Waals surface area (Å²) in [7, 11) is 1.43. The molecule has 1 aromatic carbocycles. The number of halogens is 1. The number of pyridine rings is 1. The van der Waals surface area contributed by atoms with E-state index in [-0.39, 0.29) is 5.75 Å². The van der Waals surface area contributed by atoms with Gasteiger partial charge in [0.2, 0.25) is 0 Å². The SMILES string of the molecule is CCc1cc(Nc2ccc(F)c(OC)c2)nc(-c2ccncc2)n1. The van der Waals surface area contributed by atoms with Crippen molar-refractivity contribution in [3.63, 3.8) is 0 Å². The molecule has 5 nitrogen and oxygen atoms in total. The van der Waals surface area contributed by atoms with Crippen LogP contribution in [0.2, 0.25) is 0 Å². The summed E-state index contributed by atoms with van der Waals surface area (Å²) in [5.41, 5.74) is 2.49. The van der Waals surface area contributed by atoms with Gasteiger partial charge in [0.05, 0.1) is 7.11 Å². The van der Waals surface area contributed by atoms with Crippen LogP contribution in [0.15, 0.2) is 48.8 Å². The minimum Gasteiger partial charge on any atom is -0.494 e. The molecule has 0 unspecified atom stereocenters. The zero-order valence-corrected chi connectivity index (χ0v) is 13.5. The molecule has 0 amide bonds. The first-order chi connectivity index (χ1) is 11.7. The Morgan fingerprint density at radius 1 is 1.08 bits per heavy atom. The number of nitrogens with zero attached hydrogens (tertiary/aromatic N) is 3. The molecule has 0 aliphatic carbocycles. The van der Waals surface area contributed by atoms with Crippen molar-refractivity contribution < 1.29 is 9.13 Å². The molecule has 1 N–H and O–H groups in total. The van der Waals surface area contributed by atoms with Crippen LogP contribution >= 0.6 is 0 Å². The summed E-state index contributed by atoms with van der Waals surface area (Å²) in [5.74, 6) is 1.03. The molecule has 2 heterocycles. The molecule has 0 saturated heterocycles. The van der Waals surface area contributed by atoms with Gasteiger partial charge in [0.1, 0.15) is 5.82 Å². The number of hydrogen-bond acceptors (Lipinski definition) is 5. The zero-order chi connectivity index (χ0) is 16.9. The Morgan fingerprint density at radius 2 is 1.88 bits per heavy atom. The predicted molar refractivity (Wildman–Crippen MR) is 90.9 cm³/mol. The molecule has 0 aliphatic heterocycles. The van der Waals surface area contributed by atoms with E-state index in [1.807, 2.05) is 25.1 Å². The number of nitrogens with one attached hydrogen (secondary N) is 1. The van der Waals surface area contributed by atoms with Crippen molar-refractivity contribution in [1.29, 1.82) is 0 Å². The average molecular weight is 324 g/mol. The number of benzene rings is 1. The van der Waals surface area contributed by atoms with E-state index >= 15 is 0 Å². The first-order valence-electron chi connectivity index (χ1n) is 7.58. The van der Waals surface area contributed by atoms with Gasteiger partial charge in [-0.25, -0.2) is 14.4 Å². The highest BCUT2D eigenvalue weighted by Crippen LogP contribution is 2.25. The summed E-state index contributed by atoms with van der Waals surface area (Å²) in [5, 5.41) is 3.18. The van der Waals surface area contributed by atoms with Crippen molar-refractivity contribution in [3.8, 4) is 17.1 Å². The highest BCUT2D eigenvalue weighted by atomic mass is 19.1. The van der Waals surface area contributed by atoms with Gasteiger partial charge in [-0.3, -0.25) is 4.98 Å². The third kappa shape index (κ3) is 3.48. The number of ether oxygens (including phenoxy) is 1. The van der Waals surface area contributed by atoms with Crippen LogP contribution in [0.4, 0.5) is 15.9 Å². The third-order valence-corrected chi connectivity index (χ3v) is 3.50. The average Bonchev–Trinajstić information content (AvgIpc) is 2.63. The highest BCUT2D eigenvalue weighted by molar-refractivity contribution is 5.62. The summed E-state index contributed by atoms with van der Waals surface area (Å²) < 4.78 is 18.5. The van der Waals surface area contributed by atoms with Crippen LogP contribution in [0.5, 0.6) is 5.75 Å². The van der Waals surface area contributed by atoms with E-state index in [0.717, 1.165) is 17.7 Å². The maximum Gasteiger partial charge on any atom is 0.165 e.